The molecule has 0 unspecified atom stereocenters. The van der Waals surface area contributed by atoms with Crippen molar-refractivity contribution in [3.63, 3.8) is 0 Å². The lowest BCUT2D eigenvalue weighted by molar-refractivity contribution is -0.126. The van der Waals surface area contributed by atoms with Crippen LogP contribution in [0.1, 0.15) is 25.7 Å². The van der Waals surface area contributed by atoms with Crippen LogP contribution in [0.5, 0.6) is 5.75 Å². The van der Waals surface area contributed by atoms with Gasteiger partial charge in [0.15, 0.2) is 0 Å². The van der Waals surface area contributed by atoms with Gasteiger partial charge in [0.2, 0.25) is 15.9 Å². The molecule has 1 heterocycles. The molecule has 2 fully saturated rings. The number of amides is 1. The Balaban J connectivity index is 1.81. The number of methoxy groups -OCH3 is 1. The predicted molar refractivity (Wildman–Crippen MR) is 85.6 cm³/mol. The quantitative estimate of drug-likeness (QED) is 0.868. The van der Waals surface area contributed by atoms with Gasteiger partial charge in [0.25, 0.3) is 0 Å². The Hall–Kier alpha value is -1.67. The Kier molecular flexibility index (Phi) is 4.78. The highest BCUT2D eigenvalue weighted by atomic mass is 32.2. The van der Waals surface area contributed by atoms with E-state index in [1.807, 2.05) is 0 Å². The van der Waals surface area contributed by atoms with Gasteiger partial charge in [-0.1, -0.05) is 0 Å². The van der Waals surface area contributed by atoms with Gasteiger partial charge >= 0.3 is 0 Å². The molecule has 2 aliphatic rings. The number of piperidine rings is 1. The second kappa shape index (κ2) is 6.68. The Bertz CT molecular complexity index is 734. The minimum atomic E-state index is -3.92. The van der Waals surface area contributed by atoms with Crippen LogP contribution in [0.3, 0.4) is 0 Å². The number of benzene rings is 1. The molecule has 0 spiro atoms. The molecule has 1 N–H and O–H groups in total. The van der Waals surface area contributed by atoms with Gasteiger partial charge < -0.3 is 10.1 Å². The topological polar surface area (TPSA) is 75.7 Å². The van der Waals surface area contributed by atoms with Crippen molar-refractivity contribution in [2.45, 2.75) is 36.6 Å². The predicted octanol–water partition coefficient (Wildman–Crippen LogP) is 1.51. The summed E-state index contributed by atoms with van der Waals surface area (Å²) in [6.07, 6.45) is 3.23. The molecule has 1 atom stereocenters. The van der Waals surface area contributed by atoms with Crippen LogP contribution in [0.2, 0.25) is 0 Å². The minimum absolute atomic E-state index is 0.0939. The molecule has 1 amide bonds. The van der Waals surface area contributed by atoms with E-state index in [1.165, 1.54) is 17.5 Å². The molecule has 6 nitrogen and oxygen atoms in total. The lowest BCUT2D eigenvalue weighted by Crippen LogP contribution is -2.45. The molecular formula is C16H21FN2O4S. The smallest absolute Gasteiger partial charge is 0.246 e. The number of sulfonamides is 1. The standard InChI is InChI=1S/C16H21FN2O4S/c1-23-14-7-4-12(17)9-15(14)24(21,22)19-8-2-3-11(10-19)16(20)18-13-5-6-13/h4,7,9,11,13H,2-3,5-6,8,10H2,1H3,(H,18,20)/t11-/m1/s1. The van der Waals surface area contributed by atoms with Crippen LogP contribution >= 0.6 is 0 Å². The van der Waals surface area contributed by atoms with Crippen molar-refractivity contribution in [3.05, 3.63) is 24.0 Å². The monoisotopic (exact) mass is 356 g/mol. The van der Waals surface area contributed by atoms with Gasteiger partial charge in [0, 0.05) is 19.1 Å². The van der Waals surface area contributed by atoms with Crippen molar-refractivity contribution >= 4 is 15.9 Å². The Morgan fingerprint density at radius 2 is 2.08 bits per heavy atom. The maximum Gasteiger partial charge on any atom is 0.246 e. The lowest BCUT2D eigenvalue weighted by atomic mass is 9.99. The van der Waals surface area contributed by atoms with E-state index in [-0.39, 0.29) is 35.1 Å². The van der Waals surface area contributed by atoms with Gasteiger partial charge in [0.1, 0.15) is 16.5 Å². The van der Waals surface area contributed by atoms with E-state index in [9.17, 15) is 17.6 Å². The van der Waals surface area contributed by atoms with Crippen molar-refractivity contribution in [2.24, 2.45) is 5.92 Å². The molecule has 1 saturated heterocycles. The van der Waals surface area contributed by atoms with Crippen LogP contribution in [0.25, 0.3) is 0 Å². The third kappa shape index (κ3) is 3.54. The number of rotatable bonds is 5. The van der Waals surface area contributed by atoms with Gasteiger partial charge in [-0.05, 0) is 43.9 Å². The van der Waals surface area contributed by atoms with Crippen LogP contribution in [-0.4, -0.2) is 44.9 Å². The molecule has 1 aromatic rings. The Morgan fingerprint density at radius 1 is 1.33 bits per heavy atom. The number of nitrogens with zero attached hydrogens (tertiary/aromatic N) is 1. The fraction of sp³-hybridized carbons (Fsp3) is 0.562. The number of ether oxygens (including phenoxy) is 1. The third-order valence-electron chi connectivity index (χ3n) is 4.42. The summed E-state index contributed by atoms with van der Waals surface area (Å²) in [7, 11) is -2.58. The van der Waals surface area contributed by atoms with Crippen LogP contribution in [0.15, 0.2) is 23.1 Å². The van der Waals surface area contributed by atoms with E-state index in [2.05, 4.69) is 5.32 Å². The summed E-state index contributed by atoms with van der Waals surface area (Å²) in [5.74, 6) is -1.01. The first kappa shape index (κ1) is 17.2. The fourth-order valence-corrected chi connectivity index (χ4v) is 4.60. The van der Waals surface area contributed by atoms with E-state index >= 15 is 0 Å². The Morgan fingerprint density at radius 3 is 2.75 bits per heavy atom. The van der Waals surface area contributed by atoms with Gasteiger partial charge in [-0.3, -0.25) is 4.79 Å². The van der Waals surface area contributed by atoms with Crippen LogP contribution in [0, 0.1) is 11.7 Å². The molecule has 1 aliphatic carbocycles. The zero-order valence-corrected chi connectivity index (χ0v) is 14.3. The van der Waals surface area contributed by atoms with Gasteiger partial charge in [-0.25, -0.2) is 12.8 Å². The van der Waals surface area contributed by atoms with Crippen LogP contribution < -0.4 is 10.1 Å². The number of carbonyl (C=O) groups is 1. The first-order valence-corrected chi connectivity index (χ1v) is 9.50. The van der Waals surface area contributed by atoms with Gasteiger partial charge in [0.05, 0.1) is 13.0 Å². The molecule has 8 heteroatoms. The van der Waals surface area contributed by atoms with Crippen molar-refractivity contribution in [1.29, 1.82) is 0 Å². The molecule has 3 rings (SSSR count). The minimum Gasteiger partial charge on any atom is -0.495 e. The molecule has 1 saturated carbocycles. The maximum absolute atomic E-state index is 13.5. The van der Waals surface area contributed by atoms with Crippen molar-refractivity contribution in [2.75, 3.05) is 20.2 Å². The van der Waals surface area contributed by atoms with E-state index in [1.54, 1.807) is 0 Å². The average Bonchev–Trinajstić information content (AvgIpc) is 3.39. The van der Waals surface area contributed by atoms with E-state index in [0.717, 1.165) is 25.0 Å². The highest BCUT2D eigenvalue weighted by Gasteiger charge is 2.36. The van der Waals surface area contributed by atoms with E-state index in [4.69, 9.17) is 4.74 Å². The normalized spacial score (nSPS) is 22.2. The molecule has 132 valence electrons. The summed E-state index contributed by atoms with van der Waals surface area (Å²) in [6.45, 7) is 0.426. The number of halogens is 1. The van der Waals surface area contributed by atoms with Crippen molar-refractivity contribution in [1.82, 2.24) is 9.62 Å². The SMILES string of the molecule is COc1ccc(F)cc1S(=O)(=O)N1CCC[C@@H](C(=O)NC2CC2)C1. The highest BCUT2D eigenvalue weighted by molar-refractivity contribution is 7.89. The summed E-state index contributed by atoms with van der Waals surface area (Å²) < 4.78 is 45.6. The summed E-state index contributed by atoms with van der Waals surface area (Å²) in [5, 5.41) is 2.92. The van der Waals surface area contributed by atoms with Gasteiger partial charge in [-0.15, -0.1) is 0 Å². The Labute approximate surface area is 141 Å². The first-order chi connectivity index (χ1) is 11.4. The first-order valence-electron chi connectivity index (χ1n) is 8.06. The average molecular weight is 356 g/mol. The number of nitrogens with one attached hydrogen (secondary N) is 1. The number of hydrogen-bond acceptors (Lipinski definition) is 4. The van der Waals surface area contributed by atoms with Gasteiger partial charge in [-0.2, -0.15) is 4.31 Å². The van der Waals surface area contributed by atoms with E-state index in [0.29, 0.717) is 19.4 Å². The lowest BCUT2D eigenvalue weighted by Gasteiger charge is -2.31. The molecule has 1 aromatic carbocycles. The fourth-order valence-electron chi connectivity index (χ4n) is 2.91. The molecule has 0 bridgehead atoms. The second-order valence-corrected chi connectivity index (χ2v) is 8.19. The van der Waals surface area contributed by atoms with Crippen LogP contribution in [0.4, 0.5) is 4.39 Å². The number of carbonyl (C=O) groups excluding carboxylic acids is 1. The van der Waals surface area contributed by atoms with E-state index < -0.39 is 15.8 Å². The maximum atomic E-state index is 13.5. The zero-order valence-electron chi connectivity index (χ0n) is 13.5. The summed E-state index contributed by atoms with van der Waals surface area (Å²) in [6, 6.07) is 3.65. The summed E-state index contributed by atoms with van der Waals surface area (Å²) >= 11 is 0. The second-order valence-electron chi connectivity index (χ2n) is 6.28. The zero-order chi connectivity index (χ0) is 17.3. The molecule has 1 aliphatic heterocycles. The summed E-state index contributed by atoms with van der Waals surface area (Å²) in [5.41, 5.74) is 0. The largest absolute Gasteiger partial charge is 0.495 e. The molecule has 0 radical (unpaired) electrons. The number of hydrogen-bond donors (Lipinski definition) is 1. The molecule has 24 heavy (non-hydrogen) atoms. The summed E-state index contributed by atoms with van der Waals surface area (Å²) in [4.78, 5) is 12.0. The van der Waals surface area contributed by atoms with Crippen molar-refractivity contribution < 1.29 is 22.3 Å². The van der Waals surface area contributed by atoms with Crippen molar-refractivity contribution in [3.8, 4) is 5.75 Å². The molecular weight excluding hydrogens is 335 g/mol. The third-order valence-corrected chi connectivity index (χ3v) is 6.31. The molecule has 0 aromatic heterocycles. The van der Waals surface area contributed by atoms with Crippen LogP contribution in [-0.2, 0) is 14.8 Å². The highest BCUT2D eigenvalue weighted by Crippen LogP contribution is 2.30.